The Morgan fingerprint density at radius 3 is 2.41 bits per heavy atom. The first-order chi connectivity index (χ1) is 10.3. The van der Waals surface area contributed by atoms with Crippen LogP contribution in [0.5, 0.6) is 0 Å². The summed E-state index contributed by atoms with van der Waals surface area (Å²) in [6, 6.07) is 1.77. The number of hydrogen-bond donors (Lipinski definition) is 1. The number of aromatic carboxylic acids is 1. The van der Waals surface area contributed by atoms with Gasteiger partial charge in [0.25, 0.3) is 0 Å². The molecule has 0 saturated heterocycles. The lowest BCUT2D eigenvalue weighted by Gasteiger charge is -2.33. The summed E-state index contributed by atoms with van der Waals surface area (Å²) in [5.74, 6) is -0.164. The number of hydrogen-bond acceptors (Lipinski definition) is 3. The van der Waals surface area contributed by atoms with Crippen LogP contribution >= 0.6 is 33.9 Å². The monoisotopic (exact) mass is 435 g/mol. The van der Waals surface area contributed by atoms with Gasteiger partial charge in [-0.15, -0.1) is 11.3 Å². The summed E-state index contributed by atoms with van der Waals surface area (Å²) in [5.41, 5.74) is 0.556. The third-order valence-corrected chi connectivity index (χ3v) is 6.13. The first-order valence-corrected chi connectivity index (χ1v) is 9.56. The van der Waals surface area contributed by atoms with E-state index in [2.05, 4.69) is 29.5 Å². The van der Waals surface area contributed by atoms with Crippen LogP contribution in [0.3, 0.4) is 0 Å². The van der Waals surface area contributed by atoms with Crippen molar-refractivity contribution in [3.05, 3.63) is 13.8 Å². The number of halogens is 1. The summed E-state index contributed by atoms with van der Waals surface area (Å²) < 4.78 is 0.890. The van der Waals surface area contributed by atoms with Gasteiger partial charge in [-0.2, -0.15) is 0 Å². The van der Waals surface area contributed by atoms with Crippen molar-refractivity contribution in [2.45, 2.75) is 52.5 Å². The molecule has 1 saturated carbocycles. The quantitative estimate of drug-likeness (QED) is 0.703. The van der Waals surface area contributed by atoms with E-state index in [-0.39, 0.29) is 22.7 Å². The van der Waals surface area contributed by atoms with Crippen molar-refractivity contribution in [2.24, 2.45) is 11.8 Å². The molecule has 0 bridgehead atoms. The van der Waals surface area contributed by atoms with E-state index in [4.69, 9.17) is 0 Å². The van der Waals surface area contributed by atoms with Crippen molar-refractivity contribution < 1.29 is 14.7 Å². The Bertz CT molecular complexity index is 562. The number of anilines is 1. The average Bonchev–Trinajstić information content (AvgIpc) is 2.81. The Hall–Kier alpha value is -0.630. The van der Waals surface area contributed by atoms with Crippen LogP contribution in [0, 0.1) is 14.7 Å². The molecule has 0 atom stereocenters. The molecule has 6 heteroatoms. The summed E-state index contributed by atoms with van der Waals surface area (Å²) >= 11 is 3.34. The van der Waals surface area contributed by atoms with E-state index in [9.17, 15) is 14.7 Å². The lowest BCUT2D eigenvalue weighted by Crippen LogP contribution is -2.42. The Morgan fingerprint density at radius 1 is 1.32 bits per heavy atom. The number of carboxylic acid groups (broad SMARTS) is 1. The molecule has 0 aliphatic heterocycles. The lowest BCUT2D eigenvalue weighted by atomic mass is 9.82. The van der Waals surface area contributed by atoms with E-state index < -0.39 is 5.97 Å². The SMILES string of the molecule is CC1CCC(C(=O)N(c2cc(I)sc2C(=O)O)C(C)C)CC1. The minimum absolute atomic E-state index is 0.0257. The Balaban J connectivity index is 2.30. The molecule has 1 aliphatic rings. The van der Waals surface area contributed by atoms with Crippen molar-refractivity contribution >= 4 is 51.5 Å². The number of amides is 1. The normalized spacial score (nSPS) is 21.9. The third-order valence-electron chi connectivity index (χ3n) is 4.26. The highest BCUT2D eigenvalue weighted by atomic mass is 127. The molecule has 122 valence electrons. The third kappa shape index (κ3) is 3.82. The maximum Gasteiger partial charge on any atom is 0.348 e. The van der Waals surface area contributed by atoms with E-state index in [1.807, 2.05) is 19.9 Å². The van der Waals surface area contributed by atoms with Gasteiger partial charge in [0.2, 0.25) is 5.91 Å². The molecule has 4 nitrogen and oxygen atoms in total. The molecule has 0 spiro atoms. The molecule has 1 fully saturated rings. The Kier molecular flexibility index (Phi) is 5.87. The van der Waals surface area contributed by atoms with Gasteiger partial charge in [-0.05, 0) is 74.1 Å². The van der Waals surface area contributed by atoms with Gasteiger partial charge in [0.15, 0.2) is 0 Å². The second kappa shape index (κ2) is 7.29. The predicted octanol–water partition coefficient (Wildman–Crippen LogP) is 4.62. The largest absolute Gasteiger partial charge is 0.477 e. The fourth-order valence-electron chi connectivity index (χ4n) is 3.04. The topological polar surface area (TPSA) is 57.6 Å². The Labute approximate surface area is 149 Å². The van der Waals surface area contributed by atoms with Crippen molar-refractivity contribution in [1.82, 2.24) is 0 Å². The number of carbonyl (C=O) groups is 2. The van der Waals surface area contributed by atoms with Crippen LogP contribution in [-0.2, 0) is 4.79 Å². The van der Waals surface area contributed by atoms with Gasteiger partial charge < -0.3 is 10.0 Å². The van der Waals surface area contributed by atoms with E-state index in [0.29, 0.717) is 11.6 Å². The van der Waals surface area contributed by atoms with Crippen LogP contribution in [-0.4, -0.2) is 23.0 Å². The molecule has 1 N–H and O–H groups in total. The average molecular weight is 435 g/mol. The highest BCUT2D eigenvalue weighted by molar-refractivity contribution is 14.1. The molecule has 1 aromatic heterocycles. The first kappa shape index (κ1) is 17.7. The first-order valence-electron chi connectivity index (χ1n) is 7.67. The predicted molar refractivity (Wildman–Crippen MR) is 97.7 cm³/mol. The van der Waals surface area contributed by atoms with Gasteiger partial charge in [0, 0.05) is 12.0 Å². The molecular formula is C16H22INO3S. The van der Waals surface area contributed by atoms with Crippen LogP contribution in [0.25, 0.3) is 0 Å². The highest BCUT2D eigenvalue weighted by Crippen LogP contribution is 2.36. The number of rotatable bonds is 4. The van der Waals surface area contributed by atoms with Crippen molar-refractivity contribution in [3.63, 3.8) is 0 Å². The van der Waals surface area contributed by atoms with Gasteiger partial charge in [0.05, 0.1) is 8.57 Å². The standard InChI is InChI=1S/C16H22INO3S/c1-9(2)18(12-8-13(17)22-14(12)16(20)21)15(19)11-6-4-10(3)5-7-11/h8-11H,4-7H2,1-3H3,(H,20,21). The molecule has 22 heavy (non-hydrogen) atoms. The molecule has 0 aromatic carbocycles. The fraction of sp³-hybridized carbons (Fsp3) is 0.625. The zero-order chi connectivity index (χ0) is 16.4. The van der Waals surface area contributed by atoms with E-state index in [1.165, 1.54) is 11.3 Å². The lowest BCUT2D eigenvalue weighted by molar-refractivity contribution is -0.123. The van der Waals surface area contributed by atoms with Gasteiger partial charge in [-0.25, -0.2) is 4.79 Å². The smallest absolute Gasteiger partial charge is 0.348 e. The second-order valence-electron chi connectivity index (χ2n) is 6.33. The van der Waals surface area contributed by atoms with Crippen LogP contribution in [0.1, 0.15) is 56.1 Å². The van der Waals surface area contributed by atoms with Crippen LogP contribution in [0.4, 0.5) is 5.69 Å². The van der Waals surface area contributed by atoms with E-state index >= 15 is 0 Å². The van der Waals surface area contributed by atoms with Gasteiger partial charge in [-0.3, -0.25) is 4.79 Å². The molecular weight excluding hydrogens is 413 g/mol. The molecule has 0 unspecified atom stereocenters. The summed E-state index contributed by atoms with van der Waals surface area (Å²) in [4.78, 5) is 26.4. The van der Waals surface area contributed by atoms with Crippen LogP contribution in [0.2, 0.25) is 0 Å². The zero-order valence-corrected chi connectivity index (χ0v) is 16.1. The summed E-state index contributed by atoms with van der Waals surface area (Å²) in [5, 5.41) is 9.41. The van der Waals surface area contributed by atoms with Gasteiger partial charge in [-0.1, -0.05) is 6.92 Å². The van der Waals surface area contributed by atoms with Crippen LogP contribution < -0.4 is 4.90 Å². The summed E-state index contributed by atoms with van der Waals surface area (Å²) in [7, 11) is 0. The van der Waals surface area contributed by atoms with Crippen LogP contribution in [0.15, 0.2) is 6.07 Å². The number of carbonyl (C=O) groups excluding carboxylic acids is 1. The number of nitrogens with zero attached hydrogens (tertiary/aromatic N) is 1. The molecule has 1 aliphatic carbocycles. The number of thiophene rings is 1. The minimum Gasteiger partial charge on any atom is -0.477 e. The van der Waals surface area contributed by atoms with E-state index in [1.54, 1.807) is 4.90 Å². The minimum atomic E-state index is -0.960. The summed E-state index contributed by atoms with van der Waals surface area (Å²) in [6.45, 7) is 6.11. The summed E-state index contributed by atoms with van der Waals surface area (Å²) in [6.07, 6.45) is 3.98. The van der Waals surface area contributed by atoms with Crippen molar-refractivity contribution in [1.29, 1.82) is 0 Å². The molecule has 2 rings (SSSR count). The van der Waals surface area contributed by atoms with Gasteiger partial charge in [0.1, 0.15) is 4.88 Å². The highest BCUT2D eigenvalue weighted by Gasteiger charge is 2.33. The molecule has 0 radical (unpaired) electrons. The van der Waals surface area contributed by atoms with E-state index in [0.717, 1.165) is 28.6 Å². The maximum atomic E-state index is 13.0. The fourth-order valence-corrected chi connectivity index (χ4v) is 4.71. The van der Waals surface area contributed by atoms with Crippen molar-refractivity contribution in [3.8, 4) is 0 Å². The molecule has 1 amide bonds. The maximum absolute atomic E-state index is 13.0. The Morgan fingerprint density at radius 2 is 1.91 bits per heavy atom. The number of carboxylic acids is 1. The van der Waals surface area contributed by atoms with Crippen molar-refractivity contribution in [2.75, 3.05) is 4.90 Å². The second-order valence-corrected chi connectivity index (χ2v) is 9.28. The zero-order valence-electron chi connectivity index (χ0n) is 13.1. The molecule has 1 aromatic rings. The van der Waals surface area contributed by atoms with Gasteiger partial charge >= 0.3 is 5.97 Å². The molecule has 1 heterocycles.